The maximum Gasteiger partial charge on any atom is 0.259 e. The van der Waals surface area contributed by atoms with E-state index in [1.807, 2.05) is 0 Å². The number of benzene rings is 2. The number of rotatable bonds is 2. The zero-order chi connectivity index (χ0) is 24.9. The van der Waals surface area contributed by atoms with Gasteiger partial charge in [0, 0.05) is 27.7 Å². The fourth-order valence-corrected chi connectivity index (χ4v) is 5.71. The van der Waals surface area contributed by atoms with Gasteiger partial charge in [-0.15, -0.1) is 0 Å². The van der Waals surface area contributed by atoms with Crippen LogP contribution in [0.3, 0.4) is 0 Å². The second-order valence-electron chi connectivity index (χ2n) is 9.14. The number of carbonyl (C=O) groups is 2. The Hall–Kier alpha value is -3.87. The summed E-state index contributed by atoms with van der Waals surface area (Å²) in [7, 11) is 0. The molecular weight excluding hydrogens is 468 g/mol. The minimum atomic E-state index is -1.60. The molecule has 5 atom stereocenters. The largest absolute Gasteiger partial charge is 0.394 e. The molecule has 7 rings (SSSR count). The van der Waals surface area contributed by atoms with Crippen LogP contribution in [-0.2, 0) is 4.74 Å². The molecule has 36 heavy (non-hydrogen) atoms. The highest BCUT2D eigenvalue weighted by molar-refractivity contribution is 6.39. The van der Waals surface area contributed by atoms with Gasteiger partial charge < -0.3 is 34.7 Å². The van der Waals surface area contributed by atoms with Crippen LogP contribution in [-0.4, -0.2) is 77.8 Å². The number of aromatic nitrogens is 3. The van der Waals surface area contributed by atoms with Crippen molar-refractivity contribution in [2.75, 3.05) is 6.61 Å². The van der Waals surface area contributed by atoms with Crippen molar-refractivity contribution in [3.8, 4) is 0 Å². The van der Waals surface area contributed by atoms with Gasteiger partial charge in [-0.2, -0.15) is 0 Å². The van der Waals surface area contributed by atoms with Crippen molar-refractivity contribution in [3.05, 3.63) is 53.7 Å². The molecule has 2 aromatic carbocycles. The lowest BCUT2D eigenvalue weighted by atomic mass is 9.96. The second kappa shape index (κ2) is 7.32. The standard InChI is InChI=1S/C25H20N4O7/c30-8-12-19(31)20(32)21(33)25(36-12)29-11-6-2-1-4-9(11)14-16-15(23(34)28-24(16)35)13-10-5-3-7-26-22(10)27-17(13)18(14)29/h1-7,12,19-21,25,30-33H,8H2,(H,26,27)(H,28,34,35). The maximum absolute atomic E-state index is 13.1. The fraction of sp³-hybridized carbons (Fsp3) is 0.240. The Bertz CT molecular complexity index is 1750. The van der Waals surface area contributed by atoms with Gasteiger partial charge in [0.2, 0.25) is 0 Å². The first-order valence-electron chi connectivity index (χ1n) is 11.4. The molecule has 11 heteroatoms. The van der Waals surface area contributed by atoms with E-state index in [0.717, 1.165) is 0 Å². The SMILES string of the molecule is O=C1NC(=O)c2c1c1c3cccnc3[nH]c1c1c2c2ccccc2n1C1OC(CO)C(O)C(O)C1O. The van der Waals surface area contributed by atoms with Crippen molar-refractivity contribution in [2.45, 2.75) is 30.6 Å². The molecule has 0 aliphatic carbocycles. The van der Waals surface area contributed by atoms with Gasteiger partial charge in [-0.3, -0.25) is 14.9 Å². The van der Waals surface area contributed by atoms with Crippen LogP contribution in [0.4, 0.5) is 0 Å². The van der Waals surface area contributed by atoms with E-state index in [4.69, 9.17) is 4.74 Å². The van der Waals surface area contributed by atoms with Crippen LogP contribution in [0, 0.1) is 0 Å². The van der Waals surface area contributed by atoms with Gasteiger partial charge in [0.1, 0.15) is 30.1 Å². The molecule has 2 aliphatic rings. The average molecular weight is 488 g/mol. The highest BCUT2D eigenvalue weighted by atomic mass is 16.6. The Morgan fingerprint density at radius 1 is 0.917 bits per heavy atom. The predicted octanol–water partition coefficient (Wildman–Crippen LogP) is 0.680. The Morgan fingerprint density at radius 2 is 1.64 bits per heavy atom. The van der Waals surface area contributed by atoms with Crippen LogP contribution in [0.15, 0.2) is 42.6 Å². The first-order valence-corrected chi connectivity index (χ1v) is 11.4. The van der Waals surface area contributed by atoms with Crippen molar-refractivity contribution in [2.24, 2.45) is 0 Å². The Balaban J connectivity index is 1.70. The number of nitrogens with zero attached hydrogens (tertiary/aromatic N) is 2. The number of hydrogen-bond donors (Lipinski definition) is 6. The molecule has 0 spiro atoms. The number of para-hydroxylation sites is 1. The first-order chi connectivity index (χ1) is 17.4. The normalized spacial score (nSPS) is 26.4. The van der Waals surface area contributed by atoms with E-state index in [2.05, 4.69) is 15.3 Å². The predicted molar refractivity (Wildman–Crippen MR) is 127 cm³/mol. The van der Waals surface area contributed by atoms with Crippen molar-refractivity contribution in [1.29, 1.82) is 0 Å². The number of aliphatic hydroxyl groups is 4. The van der Waals surface area contributed by atoms with Crippen molar-refractivity contribution < 1.29 is 34.8 Å². The number of hydrogen-bond acceptors (Lipinski definition) is 8. The molecule has 0 radical (unpaired) electrons. The molecular formula is C25H20N4O7. The van der Waals surface area contributed by atoms with Gasteiger partial charge in [0.25, 0.3) is 11.8 Å². The lowest BCUT2D eigenvalue weighted by Crippen LogP contribution is -2.56. The van der Waals surface area contributed by atoms with Gasteiger partial charge >= 0.3 is 0 Å². The average Bonchev–Trinajstić information content (AvgIpc) is 3.52. The number of nitrogens with one attached hydrogen (secondary N) is 2. The molecule has 1 saturated heterocycles. The zero-order valence-corrected chi connectivity index (χ0v) is 18.5. The number of pyridine rings is 1. The number of aromatic amines is 1. The van der Waals surface area contributed by atoms with Gasteiger partial charge in [-0.05, 0) is 18.2 Å². The molecule has 0 saturated carbocycles. The lowest BCUT2D eigenvalue weighted by molar-refractivity contribution is -0.249. The van der Waals surface area contributed by atoms with E-state index >= 15 is 0 Å². The smallest absolute Gasteiger partial charge is 0.259 e. The Morgan fingerprint density at radius 3 is 2.42 bits per heavy atom. The zero-order valence-electron chi connectivity index (χ0n) is 18.5. The van der Waals surface area contributed by atoms with Gasteiger partial charge in [0.15, 0.2) is 6.23 Å². The molecule has 2 aliphatic heterocycles. The van der Waals surface area contributed by atoms with Crippen molar-refractivity contribution in [1.82, 2.24) is 19.9 Å². The Labute approximate surface area is 201 Å². The van der Waals surface area contributed by atoms with Gasteiger partial charge in [0.05, 0.1) is 34.3 Å². The molecule has 0 bridgehead atoms. The topological polar surface area (TPSA) is 170 Å². The number of H-pyrrole nitrogens is 1. The number of imide groups is 1. The summed E-state index contributed by atoms with van der Waals surface area (Å²) in [5.41, 5.74) is 2.45. The van der Waals surface area contributed by atoms with E-state index in [1.54, 1.807) is 47.2 Å². The molecule has 3 aromatic heterocycles. The molecule has 5 unspecified atom stereocenters. The summed E-state index contributed by atoms with van der Waals surface area (Å²) < 4.78 is 7.58. The highest BCUT2D eigenvalue weighted by Crippen LogP contribution is 2.45. The summed E-state index contributed by atoms with van der Waals surface area (Å²) in [4.78, 5) is 33.8. The maximum atomic E-state index is 13.1. The number of amides is 2. The molecule has 6 N–H and O–H groups in total. The Kier molecular flexibility index (Phi) is 4.36. The van der Waals surface area contributed by atoms with Gasteiger partial charge in [-0.1, -0.05) is 18.2 Å². The summed E-state index contributed by atoms with van der Waals surface area (Å²) in [5.74, 6) is -1.06. The summed E-state index contributed by atoms with van der Waals surface area (Å²) in [6, 6.07) is 10.7. The lowest BCUT2D eigenvalue weighted by Gasteiger charge is -2.41. The highest BCUT2D eigenvalue weighted by Gasteiger charge is 2.46. The van der Waals surface area contributed by atoms with Crippen LogP contribution in [0.25, 0.3) is 43.7 Å². The van der Waals surface area contributed by atoms with E-state index in [9.17, 15) is 30.0 Å². The van der Waals surface area contributed by atoms with E-state index < -0.39 is 49.1 Å². The van der Waals surface area contributed by atoms with Crippen LogP contribution in [0.2, 0.25) is 0 Å². The molecule has 1 fully saturated rings. The van der Waals surface area contributed by atoms with E-state index in [-0.39, 0.29) is 11.1 Å². The number of fused-ring (bicyclic) bond motifs is 10. The second-order valence-corrected chi connectivity index (χ2v) is 9.14. The quantitative estimate of drug-likeness (QED) is 0.197. The number of carbonyl (C=O) groups excluding carboxylic acids is 2. The monoisotopic (exact) mass is 488 g/mol. The molecule has 2 amide bonds. The number of ether oxygens (including phenoxy) is 1. The van der Waals surface area contributed by atoms with Crippen molar-refractivity contribution in [3.63, 3.8) is 0 Å². The van der Waals surface area contributed by atoms with E-state index in [0.29, 0.717) is 43.7 Å². The van der Waals surface area contributed by atoms with Crippen LogP contribution >= 0.6 is 0 Å². The molecule has 5 heterocycles. The van der Waals surface area contributed by atoms with Crippen LogP contribution in [0.5, 0.6) is 0 Å². The molecule has 11 nitrogen and oxygen atoms in total. The summed E-state index contributed by atoms with van der Waals surface area (Å²) in [5, 5.41) is 46.3. The van der Waals surface area contributed by atoms with Gasteiger partial charge in [-0.25, -0.2) is 4.98 Å². The third-order valence-electron chi connectivity index (χ3n) is 7.27. The molecule has 182 valence electrons. The minimum absolute atomic E-state index is 0.201. The third-order valence-corrected chi connectivity index (χ3v) is 7.27. The van der Waals surface area contributed by atoms with E-state index in [1.165, 1.54) is 0 Å². The fourth-order valence-electron chi connectivity index (χ4n) is 5.71. The third kappa shape index (κ3) is 2.55. The first kappa shape index (κ1) is 21.4. The molecule has 5 aromatic rings. The van der Waals surface area contributed by atoms with Crippen molar-refractivity contribution >= 4 is 55.6 Å². The minimum Gasteiger partial charge on any atom is -0.394 e. The summed E-state index contributed by atoms with van der Waals surface area (Å²) in [6.45, 7) is -0.587. The summed E-state index contributed by atoms with van der Waals surface area (Å²) >= 11 is 0. The van der Waals surface area contributed by atoms with Crippen LogP contribution in [0.1, 0.15) is 26.9 Å². The summed E-state index contributed by atoms with van der Waals surface area (Å²) in [6.07, 6.45) is -5.46. The number of aliphatic hydroxyl groups excluding tert-OH is 4. The van der Waals surface area contributed by atoms with Crippen LogP contribution < -0.4 is 5.32 Å².